The molecule has 0 heterocycles. The number of halogens is 1. The van der Waals surface area contributed by atoms with Gasteiger partial charge in [-0.2, -0.15) is 0 Å². The molecule has 0 saturated heterocycles. The van der Waals surface area contributed by atoms with Crippen molar-refractivity contribution in [1.82, 2.24) is 5.32 Å². The molecular weight excluding hydrogens is 218 g/mol. The lowest BCUT2D eigenvalue weighted by atomic mass is 10.2. The van der Waals surface area contributed by atoms with Crippen molar-refractivity contribution in [1.29, 1.82) is 0 Å². The van der Waals surface area contributed by atoms with Crippen molar-refractivity contribution in [3.8, 4) is 0 Å². The summed E-state index contributed by atoms with van der Waals surface area (Å²) < 4.78 is 0. The van der Waals surface area contributed by atoms with Crippen molar-refractivity contribution < 1.29 is 0 Å². The fourth-order valence-corrected chi connectivity index (χ4v) is 1.24. The molecule has 1 N–H and O–H groups in total. The highest BCUT2D eigenvalue weighted by atomic mass is 35.5. The van der Waals surface area contributed by atoms with Crippen LogP contribution < -0.4 is 5.32 Å². The fraction of sp³-hybridized carbons (Fsp3) is 0.571. The van der Waals surface area contributed by atoms with Gasteiger partial charge in [0.2, 0.25) is 0 Å². The summed E-state index contributed by atoms with van der Waals surface area (Å²) in [5.41, 5.74) is 1.17. The van der Waals surface area contributed by atoms with Gasteiger partial charge in [-0.05, 0) is 24.6 Å². The van der Waals surface area contributed by atoms with E-state index in [4.69, 9.17) is 11.6 Å². The monoisotopic (exact) mass is 243 g/mol. The molecule has 94 valence electrons. The Morgan fingerprint density at radius 3 is 2.12 bits per heavy atom. The van der Waals surface area contributed by atoms with Crippen LogP contribution in [0.25, 0.3) is 0 Å². The van der Waals surface area contributed by atoms with E-state index in [9.17, 15) is 0 Å². The minimum atomic E-state index is 0.848. The Kier molecular flexibility index (Phi) is 16.1. The first kappa shape index (κ1) is 17.9. The fourth-order valence-electron chi connectivity index (χ4n) is 1.04. The molecule has 0 aliphatic heterocycles. The largest absolute Gasteiger partial charge is 0.313 e. The van der Waals surface area contributed by atoms with Gasteiger partial charge < -0.3 is 5.32 Å². The van der Waals surface area contributed by atoms with E-state index in [0.29, 0.717) is 0 Å². The van der Waals surface area contributed by atoms with E-state index in [1.54, 1.807) is 0 Å². The van der Waals surface area contributed by atoms with E-state index in [1.165, 1.54) is 5.56 Å². The summed E-state index contributed by atoms with van der Waals surface area (Å²) in [5, 5.41) is 4.16. The third kappa shape index (κ3) is 8.75. The summed E-state index contributed by atoms with van der Waals surface area (Å²) in [7, 11) is 0. The summed E-state index contributed by atoms with van der Waals surface area (Å²) in [6.45, 7) is 12.1. The molecule has 0 aromatic heterocycles. The van der Waals surface area contributed by atoms with Crippen LogP contribution in [0.15, 0.2) is 24.3 Å². The van der Waals surface area contributed by atoms with Gasteiger partial charge in [0.05, 0.1) is 0 Å². The van der Waals surface area contributed by atoms with Gasteiger partial charge in [0.15, 0.2) is 0 Å². The smallest absolute Gasteiger partial charge is 0.0450 e. The van der Waals surface area contributed by atoms with Crippen LogP contribution in [0.2, 0.25) is 5.02 Å². The first-order valence-electron chi connectivity index (χ1n) is 6.28. The highest BCUT2D eigenvalue weighted by Gasteiger charge is 1.96. The van der Waals surface area contributed by atoms with E-state index in [0.717, 1.165) is 24.5 Å². The third-order valence-corrected chi connectivity index (χ3v) is 2.07. The summed E-state index contributed by atoms with van der Waals surface area (Å²) >= 11 is 5.96. The predicted molar refractivity (Wildman–Crippen MR) is 76.1 cm³/mol. The van der Waals surface area contributed by atoms with Crippen LogP contribution in [0.4, 0.5) is 0 Å². The van der Waals surface area contributed by atoms with Crippen molar-refractivity contribution in [3.63, 3.8) is 0 Å². The van der Waals surface area contributed by atoms with Crippen molar-refractivity contribution in [2.24, 2.45) is 0 Å². The van der Waals surface area contributed by atoms with Crippen molar-refractivity contribution in [3.05, 3.63) is 34.9 Å². The maximum absolute atomic E-state index is 5.96. The molecule has 0 spiro atoms. The van der Waals surface area contributed by atoms with E-state index in [-0.39, 0.29) is 0 Å². The lowest BCUT2D eigenvalue weighted by molar-refractivity contribution is 0.675. The van der Waals surface area contributed by atoms with Gasteiger partial charge in [-0.25, -0.2) is 0 Å². The van der Waals surface area contributed by atoms with Gasteiger partial charge in [-0.3, -0.25) is 0 Å². The summed E-state index contributed by atoms with van der Waals surface area (Å²) in [4.78, 5) is 0. The summed E-state index contributed by atoms with van der Waals surface area (Å²) in [5.74, 6) is 0. The first-order chi connectivity index (χ1) is 7.84. The zero-order chi connectivity index (χ0) is 12.8. The Hall–Kier alpha value is -0.530. The van der Waals surface area contributed by atoms with Crippen LogP contribution in [0.1, 0.15) is 46.6 Å². The number of rotatable bonds is 4. The van der Waals surface area contributed by atoms with Crippen molar-refractivity contribution in [2.45, 2.75) is 47.6 Å². The second-order valence-electron chi connectivity index (χ2n) is 2.77. The van der Waals surface area contributed by atoms with Crippen LogP contribution in [0.3, 0.4) is 0 Å². The van der Waals surface area contributed by atoms with Crippen molar-refractivity contribution in [2.75, 3.05) is 6.54 Å². The van der Waals surface area contributed by atoms with E-state index in [2.05, 4.69) is 12.2 Å². The van der Waals surface area contributed by atoms with Crippen LogP contribution >= 0.6 is 11.6 Å². The van der Waals surface area contributed by atoms with Gasteiger partial charge in [0, 0.05) is 11.6 Å². The minimum Gasteiger partial charge on any atom is -0.313 e. The molecule has 16 heavy (non-hydrogen) atoms. The Morgan fingerprint density at radius 1 is 1.06 bits per heavy atom. The molecule has 0 atom stereocenters. The topological polar surface area (TPSA) is 12.0 Å². The quantitative estimate of drug-likeness (QED) is 0.743. The highest BCUT2D eigenvalue weighted by molar-refractivity contribution is 6.31. The van der Waals surface area contributed by atoms with Gasteiger partial charge in [0.25, 0.3) is 0 Å². The molecule has 1 aromatic carbocycles. The minimum absolute atomic E-state index is 0.848. The molecule has 0 saturated carbocycles. The molecule has 0 amide bonds. The standard InChI is InChI=1S/C10H14ClN.2C2H6/c1-2-7-12-8-9-5-3-4-6-10(9)11;2*1-2/h3-6,12H,2,7-8H2,1H3;2*1-2H3. The van der Waals surface area contributed by atoms with Crippen LogP contribution in [0, 0.1) is 0 Å². The molecule has 0 unspecified atom stereocenters. The van der Waals surface area contributed by atoms with E-state index < -0.39 is 0 Å². The normalized spacial score (nSPS) is 8.38. The molecule has 0 aliphatic rings. The lowest BCUT2D eigenvalue weighted by Gasteiger charge is -2.04. The second kappa shape index (κ2) is 14.5. The number of benzene rings is 1. The zero-order valence-corrected chi connectivity index (χ0v) is 12.1. The first-order valence-corrected chi connectivity index (χ1v) is 6.66. The molecule has 0 aliphatic carbocycles. The van der Waals surface area contributed by atoms with Gasteiger partial charge >= 0.3 is 0 Å². The van der Waals surface area contributed by atoms with Gasteiger partial charge in [0.1, 0.15) is 0 Å². The molecule has 1 nitrogen and oxygen atoms in total. The SMILES string of the molecule is CC.CC.CCCNCc1ccccc1Cl. The maximum Gasteiger partial charge on any atom is 0.0450 e. The third-order valence-electron chi connectivity index (χ3n) is 1.70. The van der Waals surface area contributed by atoms with Crippen LogP contribution in [0.5, 0.6) is 0 Å². The maximum atomic E-state index is 5.96. The zero-order valence-electron chi connectivity index (χ0n) is 11.3. The van der Waals surface area contributed by atoms with Crippen LogP contribution in [-0.2, 0) is 6.54 Å². The Morgan fingerprint density at radius 2 is 1.62 bits per heavy atom. The van der Waals surface area contributed by atoms with E-state index >= 15 is 0 Å². The molecule has 1 aromatic rings. The molecular formula is C14H26ClN. The number of hydrogen-bond acceptors (Lipinski definition) is 1. The predicted octanol–water partition coefficient (Wildman–Crippen LogP) is 4.89. The van der Waals surface area contributed by atoms with Gasteiger partial charge in [-0.15, -0.1) is 0 Å². The molecule has 2 heteroatoms. The van der Waals surface area contributed by atoms with E-state index in [1.807, 2.05) is 52.0 Å². The number of nitrogens with one attached hydrogen (secondary N) is 1. The molecule has 0 radical (unpaired) electrons. The molecule has 0 fully saturated rings. The summed E-state index contributed by atoms with van der Waals surface area (Å²) in [6.07, 6.45) is 1.16. The average molecular weight is 244 g/mol. The molecule has 0 bridgehead atoms. The summed E-state index contributed by atoms with van der Waals surface area (Å²) in [6, 6.07) is 7.93. The lowest BCUT2D eigenvalue weighted by Crippen LogP contribution is -2.13. The van der Waals surface area contributed by atoms with Gasteiger partial charge in [-0.1, -0.05) is 64.4 Å². The highest BCUT2D eigenvalue weighted by Crippen LogP contribution is 2.13. The Balaban J connectivity index is 0. The average Bonchev–Trinajstić information content (AvgIpc) is 2.37. The Labute approximate surface area is 106 Å². The molecule has 1 rings (SSSR count). The Bertz CT molecular complexity index is 236. The number of hydrogen-bond donors (Lipinski definition) is 1. The second-order valence-corrected chi connectivity index (χ2v) is 3.18. The van der Waals surface area contributed by atoms with Crippen LogP contribution in [-0.4, -0.2) is 6.54 Å². The van der Waals surface area contributed by atoms with Crippen molar-refractivity contribution >= 4 is 11.6 Å².